The SMILES string of the molecule is CCN(CC)C(=O)c1cc(NCCC(C)C(=O)O)ccn1. The predicted octanol–water partition coefficient (Wildman–Crippen LogP) is 2.09. The maximum absolute atomic E-state index is 12.2. The number of carbonyl (C=O) groups excluding carboxylic acids is 1. The molecule has 6 nitrogen and oxygen atoms in total. The minimum absolute atomic E-state index is 0.0949. The van der Waals surface area contributed by atoms with Gasteiger partial charge < -0.3 is 15.3 Å². The first-order chi connectivity index (χ1) is 9.99. The van der Waals surface area contributed by atoms with Gasteiger partial charge in [0.05, 0.1) is 5.92 Å². The van der Waals surface area contributed by atoms with E-state index in [0.29, 0.717) is 31.7 Å². The van der Waals surface area contributed by atoms with Crippen LogP contribution < -0.4 is 5.32 Å². The maximum atomic E-state index is 12.2. The first kappa shape index (κ1) is 16.9. The molecule has 0 aliphatic carbocycles. The number of pyridine rings is 1. The number of amides is 1. The van der Waals surface area contributed by atoms with Crippen molar-refractivity contribution in [3.8, 4) is 0 Å². The number of nitrogens with zero attached hydrogens (tertiary/aromatic N) is 2. The van der Waals surface area contributed by atoms with Crippen molar-refractivity contribution in [1.82, 2.24) is 9.88 Å². The highest BCUT2D eigenvalue weighted by atomic mass is 16.4. The van der Waals surface area contributed by atoms with Crippen LogP contribution in [0.3, 0.4) is 0 Å². The van der Waals surface area contributed by atoms with Gasteiger partial charge in [-0.1, -0.05) is 6.92 Å². The number of hydrogen-bond acceptors (Lipinski definition) is 4. The highest BCUT2D eigenvalue weighted by Gasteiger charge is 2.14. The van der Waals surface area contributed by atoms with Crippen LogP contribution in [0.25, 0.3) is 0 Å². The molecule has 1 aromatic rings. The van der Waals surface area contributed by atoms with Crippen LogP contribution in [-0.4, -0.2) is 46.5 Å². The van der Waals surface area contributed by atoms with Gasteiger partial charge in [0.1, 0.15) is 5.69 Å². The minimum atomic E-state index is -0.802. The van der Waals surface area contributed by atoms with E-state index in [1.165, 1.54) is 0 Å². The molecule has 1 heterocycles. The van der Waals surface area contributed by atoms with Crippen molar-refractivity contribution in [2.45, 2.75) is 27.2 Å². The van der Waals surface area contributed by atoms with Crippen molar-refractivity contribution >= 4 is 17.6 Å². The Hall–Kier alpha value is -2.11. The van der Waals surface area contributed by atoms with Gasteiger partial charge in [-0.05, 0) is 32.4 Å². The van der Waals surface area contributed by atoms with Crippen LogP contribution in [0, 0.1) is 5.92 Å². The van der Waals surface area contributed by atoms with E-state index >= 15 is 0 Å². The van der Waals surface area contributed by atoms with Gasteiger partial charge in [-0.15, -0.1) is 0 Å². The quantitative estimate of drug-likeness (QED) is 0.767. The lowest BCUT2D eigenvalue weighted by atomic mass is 10.1. The van der Waals surface area contributed by atoms with Crippen molar-refractivity contribution in [1.29, 1.82) is 0 Å². The van der Waals surface area contributed by atoms with E-state index in [9.17, 15) is 9.59 Å². The predicted molar refractivity (Wildman–Crippen MR) is 81.4 cm³/mol. The molecule has 0 saturated heterocycles. The first-order valence-electron chi connectivity index (χ1n) is 7.21. The molecule has 1 atom stereocenters. The third kappa shape index (κ3) is 5.06. The fourth-order valence-electron chi connectivity index (χ4n) is 1.89. The lowest BCUT2D eigenvalue weighted by molar-refractivity contribution is -0.141. The Balaban J connectivity index is 2.64. The summed E-state index contributed by atoms with van der Waals surface area (Å²) in [6.45, 7) is 7.35. The Bertz CT molecular complexity index is 487. The Kier molecular flexibility index (Phi) is 6.65. The number of carbonyl (C=O) groups is 2. The van der Waals surface area contributed by atoms with E-state index in [0.717, 1.165) is 5.69 Å². The van der Waals surface area contributed by atoms with Gasteiger partial charge in [-0.3, -0.25) is 14.6 Å². The second-order valence-electron chi connectivity index (χ2n) is 4.86. The van der Waals surface area contributed by atoms with Gasteiger partial charge in [0.15, 0.2) is 0 Å². The molecular weight excluding hydrogens is 270 g/mol. The average molecular weight is 293 g/mol. The highest BCUT2D eigenvalue weighted by Crippen LogP contribution is 2.11. The number of aromatic nitrogens is 1. The molecule has 1 aromatic heterocycles. The molecule has 0 radical (unpaired) electrons. The molecule has 0 fully saturated rings. The third-order valence-electron chi connectivity index (χ3n) is 3.36. The molecule has 0 aromatic carbocycles. The molecule has 2 N–H and O–H groups in total. The van der Waals surface area contributed by atoms with Crippen LogP contribution >= 0.6 is 0 Å². The number of nitrogens with one attached hydrogen (secondary N) is 1. The first-order valence-corrected chi connectivity index (χ1v) is 7.21. The van der Waals surface area contributed by atoms with Crippen LogP contribution in [0.1, 0.15) is 37.7 Å². The summed E-state index contributed by atoms with van der Waals surface area (Å²) in [4.78, 5) is 28.7. The summed E-state index contributed by atoms with van der Waals surface area (Å²) in [5, 5.41) is 12.0. The van der Waals surface area contributed by atoms with Crippen molar-refractivity contribution in [3.05, 3.63) is 24.0 Å². The number of carboxylic acid groups (broad SMARTS) is 1. The molecule has 1 rings (SSSR count). The molecular formula is C15H23N3O3. The summed E-state index contributed by atoms with van der Waals surface area (Å²) in [7, 11) is 0. The molecule has 6 heteroatoms. The standard InChI is InChI=1S/C15H23N3O3/c1-4-18(5-2)14(19)13-10-12(7-9-17-13)16-8-6-11(3)15(20)21/h7,9-11H,4-6,8H2,1-3H3,(H,16,17)(H,20,21). The molecule has 0 aliphatic rings. The molecule has 116 valence electrons. The lowest BCUT2D eigenvalue weighted by Crippen LogP contribution is -2.31. The van der Waals surface area contributed by atoms with E-state index < -0.39 is 11.9 Å². The molecule has 0 spiro atoms. The van der Waals surface area contributed by atoms with Gasteiger partial charge >= 0.3 is 5.97 Å². The van der Waals surface area contributed by atoms with Gasteiger partial charge in [0.2, 0.25) is 0 Å². The fourth-order valence-corrected chi connectivity index (χ4v) is 1.89. The van der Waals surface area contributed by atoms with Gasteiger partial charge in [-0.25, -0.2) is 0 Å². The second-order valence-corrected chi connectivity index (χ2v) is 4.86. The van der Waals surface area contributed by atoms with E-state index in [-0.39, 0.29) is 5.91 Å². The lowest BCUT2D eigenvalue weighted by Gasteiger charge is -2.18. The maximum Gasteiger partial charge on any atom is 0.306 e. The number of rotatable bonds is 8. The Morgan fingerprint density at radius 1 is 1.38 bits per heavy atom. The monoisotopic (exact) mass is 293 g/mol. The summed E-state index contributed by atoms with van der Waals surface area (Å²) in [6, 6.07) is 3.47. The minimum Gasteiger partial charge on any atom is -0.481 e. The third-order valence-corrected chi connectivity index (χ3v) is 3.36. The van der Waals surface area contributed by atoms with Crippen LogP contribution in [0.2, 0.25) is 0 Å². The van der Waals surface area contributed by atoms with E-state index in [1.54, 1.807) is 30.2 Å². The number of anilines is 1. The Morgan fingerprint density at radius 3 is 2.62 bits per heavy atom. The topological polar surface area (TPSA) is 82.5 Å². The second kappa shape index (κ2) is 8.24. The van der Waals surface area contributed by atoms with Crippen molar-refractivity contribution in [2.24, 2.45) is 5.92 Å². The summed E-state index contributed by atoms with van der Waals surface area (Å²) >= 11 is 0. The molecule has 1 unspecified atom stereocenters. The van der Waals surface area contributed by atoms with E-state index in [2.05, 4.69) is 10.3 Å². The highest BCUT2D eigenvalue weighted by molar-refractivity contribution is 5.93. The number of carboxylic acids is 1. The van der Waals surface area contributed by atoms with Crippen LogP contribution in [0.5, 0.6) is 0 Å². The van der Waals surface area contributed by atoms with Crippen molar-refractivity contribution in [3.63, 3.8) is 0 Å². The van der Waals surface area contributed by atoms with Crippen molar-refractivity contribution in [2.75, 3.05) is 25.0 Å². The van der Waals surface area contributed by atoms with E-state index in [4.69, 9.17) is 5.11 Å². The van der Waals surface area contributed by atoms with Crippen LogP contribution in [0.15, 0.2) is 18.3 Å². The largest absolute Gasteiger partial charge is 0.481 e. The van der Waals surface area contributed by atoms with Crippen molar-refractivity contribution < 1.29 is 14.7 Å². The van der Waals surface area contributed by atoms with Crippen LogP contribution in [0.4, 0.5) is 5.69 Å². The number of aliphatic carboxylic acids is 1. The average Bonchev–Trinajstić information content (AvgIpc) is 2.48. The summed E-state index contributed by atoms with van der Waals surface area (Å²) in [5.41, 5.74) is 1.17. The molecule has 21 heavy (non-hydrogen) atoms. The van der Waals surface area contributed by atoms with Gasteiger partial charge in [-0.2, -0.15) is 0 Å². The zero-order valence-corrected chi connectivity index (χ0v) is 12.8. The molecule has 0 saturated carbocycles. The zero-order valence-electron chi connectivity index (χ0n) is 12.8. The van der Waals surface area contributed by atoms with Gasteiger partial charge in [0, 0.05) is 31.5 Å². The summed E-state index contributed by atoms with van der Waals surface area (Å²) in [6.07, 6.45) is 2.11. The molecule has 0 bridgehead atoms. The zero-order chi connectivity index (χ0) is 15.8. The molecule has 1 amide bonds. The summed E-state index contributed by atoms with van der Waals surface area (Å²) < 4.78 is 0. The Labute approximate surface area is 125 Å². The molecule has 0 aliphatic heterocycles. The smallest absolute Gasteiger partial charge is 0.306 e. The van der Waals surface area contributed by atoms with Crippen LogP contribution in [-0.2, 0) is 4.79 Å². The Morgan fingerprint density at radius 2 is 2.05 bits per heavy atom. The normalized spacial score (nSPS) is 11.8. The fraction of sp³-hybridized carbons (Fsp3) is 0.533. The number of hydrogen-bond donors (Lipinski definition) is 2. The van der Waals surface area contributed by atoms with Gasteiger partial charge in [0.25, 0.3) is 5.91 Å². The van der Waals surface area contributed by atoms with E-state index in [1.807, 2.05) is 13.8 Å². The summed E-state index contributed by atoms with van der Waals surface area (Å²) in [5.74, 6) is -1.29.